The van der Waals surface area contributed by atoms with Gasteiger partial charge >= 0.3 is 0 Å². The van der Waals surface area contributed by atoms with E-state index in [1.807, 2.05) is 6.92 Å². The fourth-order valence-electron chi connectivity index (χ4n) is 0.731. The molecule has 0 rings (SSSR count). The van der Waals surface area contributed by atoms with Crippen molar-refractivity contribution in [1.29, 1.82) is 0 Å². The Balaban J connectivity index is 3.31. The summed E-state index contributed by atoms with van der Waals surface area (Å²) in [7, 11) is 0. The van der Waals surface area contributed by atoms with Crippen LogP contribution >= 0.6 is 0 Å². The number of hydrogen-bond donors (Lipinski definition) is 2. The molecule has 0 radical (unpaired) electrons. The second-order valence-corrected chi connectivity index (χ2v) is 2.90. The first-order chi connectivity index (χ1) is 4.72. The van der Waals surface area contributed by atoms with Gasteiger partial charge in [0.05, 0.1) is 0 Å². The van der Waals surface area contributed by atoms with E-state index in [-0.39, 0.29) is 6.61 Å². The Hall–Kier alpha value is -0.0800. The molecule has 0 amide bonds. The molecule has 0 spiro atoms. The molecule has 0 aromatic heterocycles. The maximum Gasteiger partial charge on any atom is 0.0471 e. The molecule has 0 saturated heterocycles. The third-order valence-electron chi connectivity index (χ3n) is 1.86. The van der Waals surface area contributed by atoms with Crippen LogP contribution in [0.15, 0.2) is 0 Å². The van der Waals surface area contributed by atoms with Crippen molar-refractivity contribution >= 4 is 0 Å². The van der Waals surface area contributed by atoms with Crippen molar-refractivity contribution in [2.24, 2.45) is 5.92 Å². The summed E-state index contributed by atoms with van der Waals surface area (Å²) in [6.45, 7) is 7.62. The number of nitrogens with one attached hydrogen (secondary N) is 1. The number of aliphatic hydroxyl groups is 1. The van der Waals surface area contributed by atoms with Crippen LogP contribution in [0.1, 0.15) is 27.2 Å². The molecule has 2 atom stereocenters. The highest BCUT2D eigenvalue weighted by Gasteiger charge is 2.08. The minimum atomic E-state index is 0.276. The summed E-state index contributed by atoms with van der Waals surface area (Å²) in [5.41, 5.74) is 0. The quantitative estimate of drug-likeness (QED) is 0.605. The van der Waals surface area contributed by atoms with Gasteiger partial charge in [0.15, 0.2) is 0 Å². The van der Waals surface area contributed by atoms with Gasteiger partial charge < -0.3 is 10.4 Å². The first-order valence-corrected chi connectivity index (χ1v) is 4.06. The molecule has 0 heterocycles. The summed E-state index contributed by atoms with van der Waals surface area (Å²) >= 11 is 0. The number of aliphatic hydroxyl groups excluding tert-OH is 1. The molecule has 0 saturated carbocycles. The maximum atomic E-state index is 8.76. The molecule has 2 heteroatoms. The molecule has 0 aliphatic heterocycles. The fraction of sp³-hybridized carbons (Fsp3) is 1.00. The summed E-state index contributed by atoms with van der Waals surface area (Å²) in [6, 6.07) is 0.435. The van der Waals surface area contributed by atoms with E-state index in [1.54, 1.807) is 0 Å². The van der Waals surface area contributed by atoms with Gasteiger partial charge in [0.2, 0.25) is 0 Å². The Kier molecular flexibility index (Phi) is 5.64. The molecule has 62 valence electrons. The van der Waals surface area contributed by atoms with E-state index >= 15 is 0 Å². The van der Waals surface area contributed by atoms with Gasteiger partial charge in [-0.2, -0.15) is 0 Å². The van der Waals surface area contributed by atoms with Crippen LogP contribution in [-0.2, 0) is 0 Å². The van der Waals surface area contributed by atoms with Crippen molar-refractivity contribution in [2.45, 2.75) is 33.2 Å². The van der Waals surface area contributed by atoms with Gasteiger partial charge in [-0.25, -0.2) is 0 Å². The van der Waals surface area contributed by atoms with Crippen LogP contribution in [0.4, 0.5) is 0 Å². The Morgan fingerprint density at radius 2 is 2.00 bits per heavy atom. The SMILES string of the molecule is CCCNC(C)C(C)CO. The minimum Gasteiger partial charge on any atom is -0.396 e. The smallest absolute Gasteiger partial charge is 0.0471 e. The lowest BCUT2D eigenvalue weighted by Gasteiger charge is -2.18. The van der Waals surface area contributed by atoms with E-state index in [0.717, 1.165) is 13.0 Å². The zero-order valence-electron chi connectivity index (χ0n) is 7.22. The van der Waals surface area contributed by atoms with Gasteiger partial charge in [-0.05, 0) is 25.8 Å². The van der Waals surface area contributed by atoms with Gasteiger partial charge in [-0.3, -0.25) is 0 Å². The molecular weight excluding hydrogens is 126 g/mol. The van der Waals surface area contributed by atoms with Gasteiger partial charge in [0, 0.05) is 12.6 Å². The van der Waals surface area contributed by atoms with E-state index in [1.165, 1.54) is 0 Å². The topological polar surface area (TPSA) is 32.3 Å². The maximum absolute atomic E-state index is 8.76. The first-order valence-electron chi connectivity index (χ1n) is 4.06. The number of hydrogen-bond acceptors (Lipinski definition) is 2. The lowest BCUT2D eigenvalue weighted by molar-refractivity contribution is 0.207. The molecule has 2 N–H and O–H groups in total. The zero-order chi connectivity index (χ0) is 7.98. The van der Waals surface area contributed by atoms with Crippen LogP contribution in [0.5, 0.6) is 0 Å². The summed E-state index contributed by atoms with van der Waals surface area (Å²) in [4.78, 5) is 0. The van der Waals surface area contributed by atoms with Crippen molar-refractivity contribution in [3.63, 3.8) is 0 Å². The van der Waals surface area contributed by atoms with Gasteiger partial charge in [-0.15, -0.1) is 0 Å². The summed E-state index contributed by atoms with van der Waals surface area (Å²) in [5, 5.41) is 12.1. The molecule has 0 aliphatic carbocycles. The third-order valence-corrected chi connectivity index (χ3v) is 1.86. The molecule has 0 aromatic rings. The van der Waals surface area contributed by atoms with Crippen molar-refractivity contribution < 1.29 is 5.11 Å². The molecular formula is C8H19NO. The van der Waals surface area contributed by atoms with Gasteiger partial charge in [0.25, 0.3) is 0 Å². The van der Waals surface area contributed by atoms with Gasteiger partial charge in [-0.1, -0.05) is 13.8 Å². The van der Waals surface area contributed by atoms with Crippen LogP contribution in [0, 0.1) is 5.92 Å². The van der Waals surface area contributed by atoms with Crippen molar-refractivity contribution in [3.8, 4) is 0 Å². The van der Waals surface area contributed by atoms with Gasteiger partial charge in [0.1, 0.15) is 0 Å². The van der Waals surface area contributed by atoms with Crippen LogP contribution in [0.25, 0.3) is 0 Å². The summed E-state index contributed by atoms with van der Waals surface area (Å²) < 4.78 is 0. The van der Waals surface area contributed by atoms with Crippen LogP contribution in [0.2, 0.25) is 0 Å². The van der Waals surface area contributed by atoms with E-state index < -0.39 is 0 Å². The molecule has 2 nitrogen and oxygen atoms in total. The van der Waals surface area contributed by atoms with E-state index in [2.05, 4.69) is 19.2 Å². The highest BCUT2D eigenvalue weighted by Crippen LogP contribution is 1.99. The third kappa shape index (κ3) is 3.85. The lowest BCUT2D eigenvalue weighted by atomic mass is 10.1. The Morgan fingerprint density at radius 1 is 1.40 bits per heavy atom. The minimum absolute atomic E-state index is 0.276. The molecule has 0 aliphatic rings. The van der Waals surface area contributed by atoms with E-state index in [4.69, 9.17) is 5.11 Å². The molecule has 0 aromatic carbocycles. The highest BCUT2D eigenvalue weighted by atomic mass is 16.3. The second-order valence-electron chi connectivity index (χ2n) is 2.90. The Labute approximate surface area is 63.6 Å². The zero-order valence-corrected chi connectivity index (χ0v) is 7.22. The second kappa shape index (κ2) is 5.69. The van der Waals surface area contributed by atoms with E-state index in [9.17, 15) is 0 Å². The predicted molar refractivity (Wildman–Crippen MR) is 44.0 cm³/mol. The van der Waals surface area contributed by atoms with Crippen LogP contribution in [0.3, 0.4) is 0 Å². The van der Waals surface area contributed by atoms with Crippen molar-refractivity contribution in [1.82, 2.24) is 5.32 Å². The first kappa shape index (κ1) is 9.92. The number of rotatable bonds is 5. The largest absolute Gasteiger partial charge is 0.396 e. The lowest BCUT2D eigenvalue weighted by Crippen LogP contribution is -2.34. The molecule has 2 unspecified atom stereocenters. The van der Waals surface area contributed by atoms with Crippen LogP contribution < -0.4 is 5.32 Å². The monoisotopic (exact) mass is 145 g/mol. The summed E-state index contributed by atoms with van der Waals surface area (Å²) in [5.74, 6) is 0.367. The van der Waals surface area contributed by atoms with E-state index in [0.29, 0.717) is 12.0 Å². The van der Waals surface area contributed by atoms with Crippen molar-refractivity contribution in [3.05, 3.63) is 0 Å². The molecule has 10 heavy (non-hydrogen) atoms. The predicted octanol–water partition coefficient (Wildman–Crippen LogP) is 1.00. The standard InChI is InChI=1S/C8H19NO/c1-4-5-9-8(3)7(2)6-10/h7-10H,4-6H2,1-3H3. The average molecular weight is 145 g/mol. The highest BCUT2D eigenvalue weighted by molar-refractivity contribution is 4.66. The fourth-order valence-corrected chi connectivity index (χ4v) is 0.731. The Bertz CT molecular complexity index is 75.7. The molecule has 0 fully saturated rings. The average Bonchev–Trinajstić information content (AvgIpc) is 1.98. The molecule has 0 bridgehead atoms. The summed E-state index contributed by atoms with van der Waals surface area (Å²) in [6.07, 6.45) is 1.16. The van der Waals surface area contributed by atoms with Crippen molar-refractivity contribution in [2.75, 3.05) is 13.2 Å². The Morgan fingerprint density at radius 3 is 2.40 bits per heavy atom. The normalized spacial score (nSPS) is 16.8. The van der Waals surface area contributed by atoms with Crippen LogP contribution in [-0.4, -0.2) is 24.3 Å².